The van der Waals surface area contributed by atoms with Gasteiger partial charge in [0.25, 0.3) is 11.6 Å². The highest BCUT2D eigenvalue weighted by Crippen LogP contribution is 2.28. The van der Waals surface area contributed by atoms with Gasteiger partial charge in [-0.05, 0) is 25.1 Å². The summed E-state index contributed by atoms with van der Waals surface area (Å²) in [4.78, 5) is 33.1. The lowest BCUT2D eigenvalue weighted by molar-refractivity contribution is -0.433. The Bertz CT molecular complexity index is 1540. The van der Waals surface area contributed by atoms with Crippen molar-refractivity contribution in [2.24, 2.45) is 0 Å². The molecule has 0 bridgehead atoms. The van der Waals surface area contributed by atoms with E-state index in [0.717, 1.165) is 29.1 Å². The van der Waals surface area contributed by atoms with Crippen LogP contribution in [0.1, 0.15) is 18.7 Å². The van der Waals surface area contributed by atoms with Crippen molar-refractivity contribution in [3.05, 3.63) is 90.7 Å². The fraction of sp³-hybridized carbons (Fsp3) is 0.185. The van der Waals surface area contributed by atoms with Crippen LogP contribution >= 0.6 is 0 Å². The van der Waals surface area contributed by atoms with E-state index in [0.29, 0.717) is 23.5 Å². The van der Waals surface area contributed by atoms with Crippen molar-refractivity contribution < 1.29 is 14.2 Å². The Kier molecular flexibility index (Phi) is 4.88. The van der Waals surface area contributed by atoms with Crippen LogP contribution in [0.15, 0.2) is 85.0 Å². The zero-order chi connectivity index (χ0) is 24.1. The molecule has 5 heterocycles. The van der Waals surface area contributed by atoms with Crippen LogP contribution < -0.4 is 5.32 Å². The van der Waals surface area contributed by atoms with Gasteiger partial charge in [0, 0.05) is 54.7 Å². The number of hydrogen-bond acceptors (Lipinski definition) is 3. The molecule has 4 aromatic rings. The second-order valence-corrected chi connectivity index (χ2v) is 8.93. The SMILES string of the molecule is CC1c2cccn2CCN1C(=O)C1=C[N+](C)=C1C(=O)Nc1ccn2cc(-c3ccccc3)nc2c1. The number of amides is 2. The predicted octanol–water partition coefficient (Wildman–Crippen LogP) is 3.33. The lowest BCUT2D eigenvalue weighted by Crippen LogP contribution is -2.47. The van der Waals surface area contributed by atoms with Gasteiger partial charge in [0.05, 0.1) is 11.7 Å². The molecule has 0 fully saturated rings. The summed E-state index contributed by atoms with van der Waals surface area (Å²) in [6.45, 7) is 3.38. The molecule has 0 saturated carbocycles. The number of pyridine rings is 1. The number of imidazole rings is 1. The molecule has 0 aliphatic carbocycles. The van der Waals surface area contributed by atoms with E-state index >= 15 is 0 Å². The second-order valence-electron chi connectivity index (χ2n) is 8.93. The maximum atomic E-state index is 13.4. The minimum Gasteiger partial charge on any atom is -0.348 e. The minimum atomic E-state index is -0.314. The zero-order valence-corrected chi connectivity index (χ0v) is 19.5. The number of aromatic nitrogens is 3. The van der Waals surface area contributed by atoms with Gasteiger partial charge in [0.15, 0.2) is 11.8 Å². The lowest BCUT2D eigenvalue weighted by Gasteiger charge is -2.35. The fourth-order valence-electron chi connectivity index (χ4n) is 4.89. The fourth-order valence-corrected chi connectivity index (χ4v) is 4.89. The third-order valence-electron chi connectivity index (χ3n) is 6.77. The van der Waals surface area contributed by atoms with Crippen LogP contribution in [0.3, 0.4) is 0 Å². The number of benzene rings is 1. The number of rotatable bonds is 4. The van der Waals surface area contributed by atoms with E-state index in [9.17, 15) is 9.59 Å². The smallest absolute Gasteiger partial charge is 0.321 e. The molecule has 8 heteroatoms. The quantitative estimate of drug-likeness (QED) is 0.470. The molecule has 3 aromatic heterocycles. The van der Waals surface area contributed by atoms with Crippen LogP contribution in [0.2, 0.25) is 0 Å². The topological polar surface area (TPSA) is 74.7 Å². The van der Waals surface area contributed by atoms with Gasteiger partial charge in [-0.25, -0.2) is 4.98 Å². The van der Waals surface area contributed by atoms with Crippen LogP contribution in [0, 0.1) is 0 Å². The third-order valence-corrected chi connectivity index (χ3v) is 6.77. The summed E-state index contributed by atoms with van der Waals surface area (Å²) in [5.41, 5.74) is 5.15. The molecule has 174 valence electrons. The zero-order valence-electron chi connectivity index (χ0n) is 19.5. The second kappa shape index (κ2) is 8.09. The van der Waals surface area contributed by atoms with Gasteiger partial charge in [0.1, 0.15) is 12.7 Å². The molecule has 1 unspecified atom stereocenters. The lowest BCUT2D eigenvalue weighted by atomic mass is 10.0. The molecule has 6 rings (SSSR count). The van der Waals surface area contributed by atoms with E-state index in [-0.39, 0.29) is 17.9 Å². The largest absolute Gasteiger partial charge is 0.348 e. The molecule has 2 aliphatic rings. The summed E-state index contributed by atoms with van der Waals surface area (Å²) in [6.07, 6.45) is 7.59. The Labute approximate surface area is 202 Å². The van der Waals surface area contributed by atoms with Crippen molar-refractivity contribution in [2.75, 3.05) is 18.9 Å². The van der Waals surface area contributed by atoms with Gasteiger partial charge in [-0.15, -0.1) is 0 Å². The number of anilines is 1. The van der Waals surface area contributed by atoms with Crippen molar-refractivity contribution in [2.45, 2.75) is 19.5 Å². The number of nitrogens with one attached hydrogen (secondary N) is 1. The van der Waals surface area contributed by atoms with Crippen LogP contribution in [0.5, 0.6) is 0 Å². The summed E-state index contributed by atoms with van der Waals surface area (Å²) < 4.78 is 5.78. The molecule has 2 amide bonds. The molecule has 0 radical (unpaired) electrons. The van der Waals surface area contributed by atoms with Crippen LogP contribution in [-0.4, -0.2) is 54.5 Å². The van der Waals surface area contributed by atoms with Gasteiger partial charge < -0.3 is 19.2 Å². The van der Waals surface area contributed by atoms with Crippen molar-refractivity contribution in [1.29, 1.82) is 0 Å². The summed E-state index contributed by atoms with van der Waals surface area (Å²) in [5.74, 6) is -0.435. The number of hydrogen-bond donors (Lipinski definition) is 1. The molecule has 0 saturated heterocycles. The maximum absolute atomic E-state index is 13.4. The number of carbonyl (C=O) groups is 2. The standard InChI is InChI=1S/C27H24N6O2/c1-18-23-9-6-11-31(23)13-14-33(18)27(35)21-16-30(2)25(21)26(34)28-20-10-12-32-17-22(29-24(32)15-20)19-7-4-3-5-8-19/h3-12,15-18H,13-14H2,1-2H3/p+1. The van der Waals surface area contributed by atoms with Gasteiger partial charge in [-0.1, -0.05) is 30.3 Å². The minimum absolute atomic E-state index is 0.0518. The Morgan fingerprint density at radius 1 is 1.06 bits per heavy atom. The summed E-state index contributed by atoms with van der Waals surface area (Å²) in [7, 11) is 1.78. The Hall–Kier alpha value is -4.46. The van der Waals surface area contributed by atoms with Crippen LogP contribution in [0.25, 0.3) is 16.9 Å². The van der Waals surface area contributed by atoms with Crippen molar-refractivity contribution in [3.63, 3.8) is 0 Å². The third kappa shape index (κ3) is 3.54. The molecule has 0 spiro atoms. The summed E-state index contributed by atoms with van der Waals surface area (Å²) in [5, 5.41) is 2.94. The van der Waals surface area contributed by atoms with Crippen molar-refractivity contribution >= 4 is 28.9 Å². The van der Waals surface area contributed by atoms with Gasteiger partial charge in [0.2, 0.25) is 0 Å². The Morgan fingerprint density at radius 3 is 2.69 bits per heavy atom. The first-order valence-corrected chi connectivity index (χ1v) is 11.6. The summed E-state index contributed by atoms with van der Waals surface area (Å²) in [6, 6.07) is 17.6. The number of carbonyl (C=O) groups excluding carboxylic acids is 2. The molecule has 1 aromatic carbocycles. The Morgan fingerprint density at radius 2 is 1.89 bits per heavy atom. The highest BCUT2D eigenvalue weighted by molar-refractivity contribution is 6.53. The van der Waals surface area contributed by atoms with Gasteiger partial charge >= 0.3 is 5.91 Å². The van der Waals surface area contributed by atoms with Crippen LogP contribution in [0.4, 0.5) is 5.69 Å². The molecule has 35 heavy (non-hydrogen) atoms. The first kappa shape index (κ1) is 21.1. The maximum Gasteiger partial charge on any atom is 0.321 e. The van der Waals surface area contributed by atoms with E-state index in [2.05, 4.69) is 9.88 Å². The van der Waals surface area contributed by atoms with Crippen molar-refractivity contribution in [3.8, 4) is 11.3 Å². The predicted molar refractivity (Wildman–Crippen MR) is 133 cm³/mol. The first-order valence-electron chi connectivity index (χ1n) is 11.6. The van der Waals surface area contributed by atoms with Gasteiger partial charge in [-0.3, -0.25) is 9.59 Å². The normalized spacial score (nSPS) is 17.1. The van der Waals surface area contributed by atoms with E-state index in [1.807, 2.05) is 89.4 Å². The Balaban J connectivity index is 1.19. The average Bonchev–Trinajstić information content (AvgIpc) is 3.50. The monoisotopic (exact) mass is 465 g/mol. The van der Waals surface area contributed by atoms with E-state index in [1.165, 1.54) is 0 Å². The first-order chi connectivity index (χ1) is 17.0. The number of nitrogens with zero attached hydrogens (tertiary/aromatic N) is 5. The number of fused-ring (bicyclic) bond motifs is 2. The molecule has 8 nitrogen and oxygen atoms in total. The molecule has 2 aliphatic heterocycles. The molecule has 1 atom stereocenters. The molecule has 1 N–H and O–H groups in total. The van der Waals surface area contributed by atoms with E-state index in [1.54, 1.807) is 17.8 Å². The van der Waals surface area contributed by atoms with Crippen LogP contribution in [-0.2, 0) is 16.1 Å². The van der Waals surface area contributed by atoms with E-state index in [4.69, 9.17) is 4.98 Å². The van der Waals surface area contributed by atoms with Gasteiger partial charge in [-0.2, -0.15) is 4.58 Å². The average molecular weight is 466 g/mol. The molecular weight excluding hydrogens is 440 g/mol. The highest BCUT2D eigenvalue weighted by atomic mass is 16.2. The molecular formula is C27H25N6O2+. The highest BCUT2D eigenvalue weighted by Gasteiger charge is 2.42. The van der Waals surface area contributed by atoms with E-state index < -0.39 is 0 Å². The summed E-state index contributed by atoms with van der Waals surface area (Å²) >= 11 is 0. The van der Waals surface area contributed by atoms with Crippen molar-refractivity contribution in [1.82, 2.24) is 18.9 Å².